The molecule has 0 spiro atoms. The standard InChI is InChI=1S/C15H23ClN2O2S/c1-11(19)13-5-3-4-8-18(13)10-15(20)17(2)9-12-6-7-14(16)21-12/h6-7,11,13,19H,3-5,8-10H2,1-2H3. The first kappa shape index (κ1) is 16.7. The van der Waals surface area contributed by atoms with E-state index in [-0.39, 0.29) is 18.1 Å². The van der Waals surface area contributed by atoms with Crippen molar-refractivity contribution in [2.45, 2.75) is 44.9 Å². The summed E-state index contributed by atoms with van der Waals surface area (Å²) in [5, 5.41) is 9.86. The van der Waals surface area contributed by atoms with E-state index in [2.05, 4.69) is 4.90 Å². The van der Waals surface area contributed by atoms with Crippen LogP contribution in [0.4, 0.5) is 0 Å². The van der Waals surface area contributed by atoms with E-state index in [9.17, 15) is 9.90 Å². The number of hydrogen-bond donors (Lipinski definition) is 1. The van der Waals surface area contributed by atoms with Gasteiger partial charge in [-0.05, 0) is 38.4 Å². The van der Waals surface area contributed by atoms with Crippen molar-refractivity contribution in [3.8, 4) is 0 Å². The van der Waals surface area contributed by atoms with Crippen molar-refractivity contribution in [1.82, 2.24) is 9.80 Å². The van der Waals surface area contributed by atoms with Crippen molar-refractivity contribution >= 4 is 28.8 Å². The summed E-state index contributed by atoms with van der Waals surface area (Å²) < 4.78 is 0.746. The van der Waals surface area contributed by atoms with Gasteiger partial charge in [-0.1, -0.05) is 18.0 Å². The third kappa shape index (κ3) is 4.68. The number of piperidine rings is 1. The zero-order valence-electron chi connectivity index (χ0n) is 12.6. The second kappa shape index (κ2) is 7.58. The molecule has 1 aliphatic heterocycles. The minimum absolute atomic E-state index is 0.0899. The Bertz CT molecular complexity index is 478. The van der Waals surface area contributed by atoms with Gasteiger partial charge in [-0.2, -0.15) is 0 Å². The highest BCUT2D eigenvalue weighted by Gasteiger charge is 2.28. The molecule has 1 amide bonds. The summed E-state index contributed by atoms with van der Waals surface area (Å²) in [5.41, 5.74) is 0. The molecule has 1 aliphatic rings. The van der Waals surface area contributed by atoms with Crippen LogP contribution in [-0.2, 0) is 11.3 Å². The van der Waals surface area contributed by atoms with Crippen molar-refractivity contribution in [2.24, 2.45) is 0 Å². The number of rotatable bonds is 5. The molecule has 0 saturated carbocycles. The maximum atomic E-state index is 12.4. The summed E-state index contributed by atoms with van der Waals surface area (Å²) in [7, 11) is 1.82. The maximum Gasteiger partial charge on any atom is 0.236 e. The van der Waals surface area contributed by atoms with Gasteiger partial charge in [-0.3, -0.25) is 9.69 Å². The molecule has 0 aromatic carbocycles. The molecule has 21 heavy (non-hydrogen) atoms. The Labute approximate surface area is 135 Å². The van der Waals surface area contributed by atoms with Gasteiger partial charge in [0.2, 0.25) is 5.91 Å². The van der Waals surface area contributed by atoms with Crippen LogP contribution in [0.1, 0.15) is 31.1 Å². The lowest BCUT2D eigenvalue weighted by atomic mass is 9.98. The van der Waals surface area contributed by atoms with Crippen LogP contribution in [0.3, 0.4) is 0 Å². The van der Waals surface area contributed by atoms with Crippen molar-refractivity contribution in [3.05, 3.63) is 21.3 Å². The lowest BCUT2D eigenvalue weighted by Crippen LogP contribution is -2.49. The maximum absolute atomic E-state index is 12.4. The number of likely N-dealkylation sites (N-methyl/N-ethyl adjacent to an activating group) is 1. The molecule has 4 nitrogen and oxygen atoms in total. The molecule has 6 heteroatoms. The molecule has 0 radical (unpaired) electrons. The minimum atomic E-state index is -0.389. The molecule has 0 bridgehead atoms. The van der Waals surface area contributed by atoms with Crippen molar-refractivity contribution < 1.29 is 9.90 Å². The van der Waals surface area contributed by atoms with Crippen LogP contribution < -0.4 is 0 Å². The normalized spacial score (nSPS) is 21.2. The van der Waals surface area contributed by atoms with Gasteiger partial charge in [0.05, 0.1) is 23.5 Å². The number of amides is 1. The Balaban J connectivity index is 1.90. The molecule has 1 saturated heterocycles. The van der Waals surface area contributed by atoms with Crippen LogP contribution >= 0.6 is 22.9 Å². The predicted octanol–water partition coefficient (Wildman–Crippen LogP) is 2.60. The first-order valence-corrected chi connectivity index (χ1v) is 8.57. The van der Waals surface area contributed by atoms with Gasteiger partial charge >= 0.3 is 0 Å². The smallest absolute Gasteiger partial charge is 0.236 e. The van der Waals surface area contributed by atoms with Gasteiger partial charge in [0.25, 0.3) is 0 Å². The van der Waals surface area contributed by atoms with Crippen LogP contribution in [0.25, 0.3) is 0 Å². The van der Waals surface area contributed by atoms with E-state index in [4.69, 9.17) is 11.6 Å². The summed E-state index contributed by atoms with van der Waals surface area (Å²) in [5.74, 6) is 0.0899. The molecule has 2 rings (SSSR count). The van der Waals surface area contributed by atoms with Crippen LogP contribution in [-0.4, -0.2) is 53.1 Å². The van der Waals surface area contributed by atoms with Gasteiger partial charge in [0, 0.05) is 18.0 Å². The van der Waals surface area contributed by atoms with Crippen LogP contribution in [0.15, 0.2) is 12.1 Å². The number of halogens is 1. The number of aliphatic hydroxyl groups is 1. The van der Waals surface area contributed by atoms with Gasteiger partial charge in [-0.15, -0.1) is 11.3 Å². The summed E-state index contributed by atoms with van der Waals surface area (Å²) in [6.07, 6.45) is 2.80. The summed E-state index contributed by atoms with van der Waals surface area (Å²) in [4.78, 5) is 17.3. The number of carbonyl (C=O) groups is 1. The summed E-state index contributed by atoms with van der Waals surface area (Å²) >= 11 is 7.41. The van der Waals surface area contributed by atoms with E-state index in [1.165, 1.54) is 11.3 Å². The Morgan fingerprint density at radius 2 is 2.33 bits per heavy atom. The molecule has 1 aromatic rings. The van der Waals surface area contributed by atoms with E-state index in [0.717, 1.165) is 35.0 Å². The van der Waals surface area contributed by atoms with Crippen molar-refractivity contribution in [2.75, 3.05) is 20.1 Å². The van der Waals surface area contributed by atoms with E-state index >= 15 is 0 Å². The second-order valence-electron chi connectivity index (χ2n) is 5.73. The van der Waals surface area contributed by atoms with Crippen molar-refractivity contribution in [1.29, 1.82) is 0 Å². The fraction of sp³-hybridized carbons (Fsp3) is 0.667. The molecule has 1 aromatic heterocycles. The molecule has 1 N–H and O–H groups in total. The number of likely N-dealkylation sites (tertiary alicyclic amines) is 1. The molecular weight excluding hydrogens is 308 g/mol. The topological polar surface area (TPSA) is 43.8 Å². The first-order chi connectivity index (χ1) is 9.97. The molecule has 1 fully saturated rings. The van der Waals surface area contributed by atoms with Gasteiger partial charge < -0.3 is 10.0 Å². The van der Waals surface area contributed by atoms with E-state index in [0.29, 0.717) is 13.1 Å². The minimum Gasteiger partial charge on any atom is -0.392 e. The molecule has 2 atom stereocenters. The quantitative estimate of drug-likeness (QED) is 0.902. The number of aliphatic hydroxyl groups excluding tert-OH is 1. The third-order valence-corrected chi connectivity index (χ3v) is 5.22. The van der Waals surface area contributed by atoms with Gasteiger partial charge in [0.15, 0.2) is 0 Å². The average Bonchev–Trinajstić information content (AvgIpc) is 2.84. The number of hydrogen-bond acceptors (Lipinski definition) is 4. The molecule has 0 aliphatic carbocycles. The SMILES string of the molecule is CC(O)C1CCCCN1CC(=O)N(C)Cc1ccc(Cl)s1. The highest BCUT2D eigenvalue weighted by molar-refractivity contribution is 7.16. The van der Waals surface area contributed by atoms with Crippen LogP contribution in [0.5, 0.6) is 0 Å². The lowest BCUT2D eigenvalue weighted by molar-refractivity contribution is -0.133. The van der Waals surface area contributed by atoms with Crippen molar-refractivity contribution in [3.63, 3.8) is 0 Å². The largest absolute Gasteiger partial charge is 0.392 e. The fourth-order valence-electron chi connectivity index (χ4n) is 2.81. The van der Waals surface area contributed by atoms with E-state index < -0.39 is 0 Å². The monoisotopic (exact) mass is 330 g/mol. The highest BCUT2D eigenvalue weighted by atomic mass is 35.5. The van der Waals surface area contributed by atoms with Crippen LogP contribution in [0.2, 0.25) is 4.34 Å². The summed E-state index contributed by atoms with van der Waals surface area (Å²) in [6.45, 7) is 3.67. The number of carbonyl (C=O) groups excluding carboxylic acids is 1. The molecule has 2 heterocycles. The highest BCUT2D eigenvalue weighted by Crippen LogP contribution is 2.23. The van der Waals surface area contributed by atoms with E-state index in [1.54, 1.807) is 4.90 Å². The lowest BCUT2D eigenvalue weighted by Gasteiger charge is -2.37. The zero-order valence-corrected chi connectivity index (χ0v) is 14.2. The summed E-state index contributed by atoms with van der Waals surface area (Å²) in [6, 6.07) is 3.91. The predicted molar refractivity (Wildman–Crippen MR) is 86.7 cm³/mol. The number of nitrogens with zero attached hydrogens (tertiary/aromatic N) is 2. The van der Waals surface area contributed by atoms with Gasteiger partial charge in [-0.25, -0.2) is 0 Å². The van der Waals surface area contributed by atoms with E-state index in [1.807, 2.05) is 26.1 Å². The third-order valence-electron chi connectivity index (χ3n) is 4.01. The average molecular weight is 331 g/mol. The molecular formula is C15H23ClN2O2S. The Hall–Kier alpha value is -0.620. The molecule has 2 unspecified atom stereocenters. The first-order valence-electron chi connectivity index (χ1n) is 7.37. The molecule has 118 valence electrons. The Morgan fingerprint density at radius 1 is 1.57 bits per heavy atom. The zero-order chi connectivity index (χ0) is 15.4. The Kier molecular flexibility index (Phi) is 6.05. The van der Waals surface area contributed by atoms with Gasteiger partial charge in [0.1, 0.15) is 0 Å². The second-order valence-corrected chi connectivity index (χ2v) is 7.53. The fourth-order valence-corrected chi connectivity index (χ4v) is 3.95. The Morgan fingerprint density at radius 3 is 2.95 bits per heavy atom. The number of thiophene rings is 1. The van der Waals surface area contributed by atoms with Crippen LogP contribution in [0, 0.1) is 0 Å².